The summed E-state index contributed by atoms with van der Waals surface area (Å²) in [7, 11) is 0. The van der Waals surface area contributed by atoms with Crippen LogP contribution in [0.25, 0.3) is 0 Å². The molecule has 1 aromatic carbocycles. The summed E-state index contributed by atoms with van der Waals surface area (Å²) < 4.78 is 75.5. The van der Waals surface area contributed by atoms with Crippen molar-refractivity contribution in [2.24, 2.45) is 0 Å². The molecule has 0 radical (unpaired) electrons. The molecule has 0 spiro atoms. The first-order valence-corrected chi connectivity index (χ1v) is 4.84. The SMILES string of the molecule is Nc1cc(C(F)(F)F)cc(C(O)C(=O)O)c1C(F)(F)F. The van der Waals surface area contributed by atoms with Crippen molar-refractivity contribution in [3.8, 4) is 0 Å². The van der Waals surface area contributed by atoms with Gasteiger partial charge in [-0.1, -0.05) is 0 Å². The van der Waals surface area contributed by atoms with Crippen molar-refractivity contribution in [3.63, 3.8) is 0 Å². The molecule has 0 saturated heterocycles. The average Bonchev–Trinajstić information content (AvgIpc) is 2.23. The summed E-state index contributed by atoms with van der Waals surface area (Å²) in [6, 6.07) is -0.0567. The smallest absolute Gasteiger partial charge is 0.418 e. The molecule has 1 rings (SSSR count). The quantitative estimate of drug-likeness (QED) is 0.579. The van der Waals surface area contributed by atoms with Crippen molar-refractivity contribution in [3.05, 3.63) is 28.8 Å². The zero-order chi connectivity index (χ0) is 15.9. The Kier molecular flexibility index (Phi) is 3.90. The number of aliphatic carboxylic acids is 1. The number of carbonyl (C=O) groups is 1. The van der Waals surface area contributed by atoms with Gasteiger partial charge in [-0.3, -0.25) is 0 Å². The molecule has 10 heteroatoms. The van der Waals surface area contributed by atoms with Crippen LogP contribution in [0.4, 0.5) is 32.0 Å². The predicted molar refractivity (Wildman–Crippen MR) is 53.5 cm³/mol. The first kappa shape index (κ1) is 16.1. The number of hydrogen-bond donors (Lipinski definition) is 3. The minimum Gasteiger partial charge on any atom is -0.479 e. The maximum Gasteiger partial charge on any atom is 0.418 e. The molecule has 1 unspecified atom stereocenters. The number of carboxylic acids is 1. The first-order valence-electron chi connectivity index (χ1n) is 4.84. The maximum absolute atomic E-state index is 12.7. The number of nitrogen functional groups attached to an aromatic ring is 1. The first-order chi connectivity index (χ1) is 8.85. The molecule has 0 aliphatic heterocycles. The van der Waals surface area contributed by atoms with Crippen LogP contribution >= 0.6 is 0 Å². The van der Waals surface area contributed by atoms with Gasteiger partial charge in [0.2, 0.25) is 0 Å². The van der Waals surface area contributed by atoms with E-state index in [1.165, 1.54) is 0 Å². The number of benzene rings is 1. The normalized spacial score (nSPS) is 14.2. The fourth-order valence-corrected chi connectivity index (χ4v) is 1.53. The van der Waals surface area contributed by atoms with Crippen LogP contribution in [0.15, 0.2) is 12.1 Å². The number of aliphatic hydroxyl groups is 1. The van der Waals surface area contributed by atoms with E-state index in [9.17, 15) is 31.1 Å². The number of carboxylic acid groups (broad SMARTS) is 1. The maximum atomic E-state index is 12.7. The van der Waals surface area contributed by atoms with Gasteiger partial charge in [-0.25, -0.2) is 4.79 Å². The zero-order valence-electron chi connectivity index (χ0n) is 9.38. The molecule has 0 amide bonds. The topological polar surface area (TPSA) is 83.5 Å². The summed E-state index contributed by atoms with van der Waals surface area (Å²) in [6.07, 6.45) is -13.0. The van der Waals surface area contributed by atoms with Gasteiger partial charge in [-0.15, -0.1) is 0 Å². The van der Waals surface area contributed by atoms with E-state index in [1.807, 2.05) is 0 Å². The molecular weight excluding hydrogens is 296 g/mol. The lowest BCUT2D eigenvalue weighted by molar-refractivity contribution is -0.150. The summed E-state index contributed by atoms with van der Waals surface area (Å²) in [5.74, 6) is -2.13. The predicted octanol–water partition coefficient (Wildman–Crippen LogP) is 2.42. The Hall–Kier alpha value is -1.97. The molecule has 0 heterocycles. The Morgan fingerprint density at radius 1 is 1.10 bits per heavy atom. The van der Waals surface area contributed by atoms with Crippen LogP contribution in [0.3, 0.4) is 0 Å². The van der Waals surface area contributed by atoms with E-state index < -0.39 is 46.8 Å². The molecule has 0 bridgehead atoms. The Morgan fingerprint density at radius 3 is 1.95 bits per heavy atom. The number of rotatable bonds is 2. The van der Waals surface area contributed by atoms with Gasteiger partial charge in [0.15, 0.2) is 6.10 Å². The van der Waals surface area contributed by atoms with E-state index in [2.05, 4.69) is 0 Å². The Labute approximate surface area is 107 Å². The van der Waals surface area contributed by atoms with E-state index in [0.717, 1.165) is 0 Å². The third kappa shape index (κ3) is 3.13. The molecule has 112 valence electrons. The molecule has 4 N–H and O–H groups in total. The van der Waals surface area contributed by atoms with Crippen molar-refractivity contribution in [1.29, 1.82) is 0 Å². The van der Waals surface area contributed by atoms with Crippen molar-refractivity contribution < 1.29 is 41.4 Å². The lowest BCUT2D eigenvalue weighted by Crippen LogP contribution is -2.21. The molecule has 0 aromatic heterocycles. The standard InChI is InChI=1S/C10H7F6NO3/c11-9(12,13)3-1-4(7(18)8(19)20)6(5(17)2-3)10(14,15)16/h1-2,7,18H,17H2,(H,19,20). The molecule has 4 nitrogen and oxygen atoms in total. The van der Waals surface area contributed by atoms with Crippen molar-refractivity contribution in [2.45, 2.75) is 18.5 Å². The summed E-state index contributed by atoms with van der Waals surface area (Å²) in [6.45, 7) is 0. The van der Waals surface area contributed by atoms with Gasteiger partial charge in [0.25, 0.3) is 0 Å². The Bertz CT molecular complexity index is 537. The van der Waals surface area contributed by atoms with Gasteiger partial charge in [0.1, 0.15) is 0 Å². The average molecular weight is 303 g/mol. The number of hydrogen-bond acceptors (Lipinski definition) is 3. The summed E-state index contributed by atoms with van der Waals surface area (Å²) in [4.78, 5) is 10.5. The van der Waals surface area contributed by atoms with Gasteiger partial charge < -0.3 is 15.9 Å². The Balaban J connectivity index is 3.65. The second-order valence-corrected chi connectivity index (χ2v) is 3.77. The minimum absolute atomic E-state index is 0.0287. The van der Waals surface area contributed by atoms with Crippen molar-refractivity contribution in [1.82, 2.24) is 0 Å². The summed E-state index contributed by atoms with van der Waals surface area (Å²) >= 11 is 0. The number of nitrogens with two attached hydrogens (primary N) is 1. The minimum atomic E-state index is -5.21. The summed E-state index contributed by atoms with van der Waals surface area (Å²) in [5.41, 5.74) is -1.25. The second kappa shape index (κ2) is 4.85. The third-order valence-electron chi connectivity index (χ3n) is 2.34. The van der Waals surface area contributed by atoms with Crippen molar-refractivity contribution in [2.75, 3.05) is 5.73 Å². The highest BCUT2D eigenvalue weighted by atomic mass is 19.4. The highest BCUT2D eigenvalue weighted by molar-refractivity contribution is 5.76. The largest absolute Gasteiger partial charge is 0.479 e. The number of alkyl halides is 6. The molecular formula is C10H7F6NO3. The van der Waals surface area contributed by atoms with Gasteiger partial charge in [0, 0.05) is 11.3 Å². The van der Waals surface area contributed by atoms with E-state index in [-0.39, 0.29) is 12.1 Å². The second-order valence-electron chi connectivity index (χ2n) is 3.77. The van der Waals surface area contributed by atoms with Gasteiger partial charge in [-0.05, 0) is 12.1 Å². The fraction of sp³-hybridized carbons (Fsp3) is 0.300. The van der Waals surface area contributed by atoms with E-state index in [1.54, 1.807) is 0 Å². The van der Waals surface area contributed by atoms with Crippen LogP contribution in [0, 0.1) is 0 Å². The van der Waals surface area contributed by atoms with Crippen molar-refractivity contribution >= 4 is 11.7 Å². The van der Waals surface area contributed by atoms with Gasteiger partial charge in [-0.2, -0.15) is 26.3 Å². The lowest BCUT2D eigenvalue weighted by atomic mass is 9.96. The van der Waals surface area contributed by atoms with Crippen LogP contribution in [-0.4, -0.2) is 16.2 Å². The monoisotopic (exact) mass is 303 g/mol. The zero-order valence-corrected chi connectivity index (χ0v) is 9.38. The third-order valence-corrected chi connectivity index (χ3v) is 2.34. The van der Waals surface area contributed by atoms with Crippen LogP contribution in [0.1, 0.15) is 22.8 Å². The van der Waals surface area contributed by atoms with Crippen LogP contribution in [0.2, 0.25) is 0 Å². The molecule has 20 heavy (non-hydrogen) atoms. The van der Waals surface area contributed by atoms with E-state index >= 15 is 0 Å². The molecule has 1 atom stereocenters. The number of halogens is 6. The highest BCUT2D eigenvalue weighted by Gasteiger charge is 2.41. The summed E-state index contributed by atoms with van der Waals surface area (Å²) in [5, 5.41) is 17.6. The number of aliphatic hydroxyl groups excluding tert-OH is 1. The molecule has 1 aromatic rings. The molecule has 0 saturated carbocycles. The lowest BCUT2D eigenvalue weighted by Gasteiger charge is -2.19. The van der Waals surface area contributed by atoms with Gasteiger partial charge >= 0.3 is 18.3 Å². The molecule has 0 aliphatic carbocycles. The van der Waals surface area contributed by atoms with E-state index in [0.29, 0.717) is 0 Å². The highest BCUT2D eigenvalue weighted by Crippen LogP contribution is 2.42. The van der Waals surface area contributed by atoms with Crippen LogP contribution in [-0.2, 0) is 17.1 Å². The van der Waals surface area contributed by atoms with Crippen LogP contribution < -0.4 is 5.73 Å². The molecule has 0 aliphatic rings. The van der Waals surface area contributed by atoms with E-state index in [4.69, 9.17) is 15.9 Å². The Morgan fingerprint density at radius 2 is 1.60 bits per heavy atom. The molecule has 0 fully saturated rings. The van der Waals surface area contributed by atoms with Gasteiger partial charge in [0.05, 0.1) is 11.1 Å². The number of anilines is 1. The fourth-order valence-electron chi connectivity index (χ4n) is 1.53. The van der Waals surface area contributed by atoms with Crippen LogP contribution in [0.5, 0.6) is 0 Å².